The summed E-state index contributed by atoms with van der Waals surface area (Å²) in [6, 6.07) is 0. The van der Waals surface area contributed by atoms with Crippen molar-refractivity contribution in [2.75, 3.05) is 21.1 Å². The molecule has 13 heavy (non-hydrogen) atoms. The van der Waals surface area contributed by atoms with Crippen LogP contribution < -0.4 is 10.8 Å². The third kappa shape index (κ3) is 1.99. The molecule has 0 bridgehead atoms. The van der Waals surface area contributed by atoms with E-state index < -0.39 is 5.54 Å². The molecule has 5 heteroatoms. The predicted octanol–water partition coefficient (Wildman–Crippen LogP) is -0.455. The largest absolute Gasteiger partial charge is 0.357 e. The number of nitrogens with one attached hydrogen (secondary N) is 2. The van der Waals surface area contributed by atoms with Crippen molar-refractivity contribution in [1.29, 1.82) is 0 Å². The lowest BCUT2D eigenvalue weighted by Crippen LogP contribution is -2.56. The number of likely N-dealkylation sites (N-methyl/N-ethyl adjacent to an activating group) is 2. The van der Waals surface area contributed by atoms with E-state index in [4.69, 9.17) is 5.21 Å². The van der Waals surface area contributed by atoms with Gasteiger partial charge in [-0.15, -0.1) is 0 Å². The molecule has 0 spiro atoms. The van der Waals surface area contributed by atoms with Gasteiger partial charge in [0.2, 0.25) is 5.91 Å². The van der Waals surface area contributed by atoms with Crippen molar-refractivity contribution in [3.63, 3.8) is 0 Å². The normalized spacial score (nSPS) is 14.9. The van der Waals surface area contributed by atoms with E-state index in [0.29, 0.717) is 0 Å². The lowest BCUT2D eigenvalue weighted by molar-refractivity contribution is -0.129. The molecular formula is C8H17N3O2. The van der Waals surface area contributed by atoms with E-state index in [-0.39, 0.29) is 11.6 Å². The first-order valence-electron chi connectivity index (χ1n) is 3.90. The van der Waals surface area contributed by atoms with Gasteiger partial charge in [-0.3, -0.25) is 20.4 Å². The Morgan fingerprint density at radius 3 is 2.23 bits per heavy atom. The highest BCUT2D eigenvalue weighted by Gasteiger charge is 2.38. The van der Waals surface area contributed by atoms with E-state index >= 15 is 0 Å². The second kappa shape index (κ2) is 4.25. The van der Waals surface area contributed by atoms with Crippen molar-refractivity contribution in [3.05, 3.63) is 12.3 Å². The van der Waals surface area contributed by atoms with Gasteiger partial charge >= 0.3 is 0 Å². The summed E-state index contributed by atoms with van der Waals surface area (Å²) in [5, 5.41) is 11.2. The maximum absolute atomic E-state index is 11.5. The Balaban J connectivity index is 4.94. The predicted molar refractivity (Wildman–Crippen MR) is 50.2 cm³/mol. The van der Waals surface area contributed by atoms with Crippen LogP contribution in [0.1, 0.15) is 6.92 Å². The Bertz CT molecular complexity index is 197. The monoisotopic (exact) mass is 187 g/mol. The minimum atomic E-state index is -0.955. The summed E-state index contributed by atoms with van der Waals surface area (Å²) in [7, 11) is 5.00. The highest BCUT2D eigenvalue weighted by atomic mass is 16.5. The first kappa shape index (κ1) is 11.9. The molecule has 0 aliphatic rings. The first-order chi connectivity index (χ1) is 5.91. The second-order valence-electron chi connectivity index (χ2n) is 3.14. The fourth-order valence-electron chi connectivity index (χ4n) is 0.962. The molecule has 0 radical (unpaired) electrons. The SMILES string of the molecule is C=C(NO)[C@](C)(C(=O)NC)N(C)C. The van der Waals surface area contributed by atoms with Gasteiger partial charge in [0.1, 0.15) is 5.54 Å². The number of hydrogen-bond donors (Lipinski definition) is 3. The Hall–Kier alpha value is -1.07. The maximum Gasteiger partial charge on any atom is 0.246 e. The number of rotatable bonds is 4. The molecule has 0 saturated heterocycles. The fraction of sp³-hybridized carbons (Fsp3) is 0.625. The summed E-state index contributed by atoms with van der Waals surface area (Å²) in [5.74, 6) is -0.232. The molecule has 1 amide bonds. The molecule has 5 nitrogen and oxygen atoms in total. The van der Waals surface area contributed by atoms with Gasteiger partial charge in [-0.05, 0) is 21.0 Å². The second-order valence-corrected chi connectivity index (χ2v) is 3.14. The van der Waals surface area contributed by atoms with Crippen molar-refractivity contribution in [3.8, 4) is 0 Å². The van der Waals surface area contributed by atoms with Crippen LogP contribution in [0.5, 0.6) is 0 Å². The Morgan fingerprint density at radius 2 is 2.00 bits per heavy atom. The van der Waals surface area contributed by atoms with Crippen LogP contribution in [0, 0.1) is 0 Å². The van der Waals surface area contributed by atoms with Gasteiger partial charge in [0.05, 0.1) is 5.70 Å². The summed E-state index contributed by atoms with van der Waals surface area (Å²) in [4.78, 5) is 13.2. The molecule has 0 heterocycles. The van der Waals surface area contributed by atoms with Gasteiger partial charge in [-0.2, -0.15) is 0 Å². The fourth-order valence-corrected chi connectivity index (χ4v) is 0.962. The van der Waals surface area contributed by atoms with Crippen LogP contribution in [0.15, 0.2) is 12.3 Å². The zero-order chi connectivity index (χ0) is 10.6. The average Bonchev–Trinajstić information content (AvgIpc) is 2.13. The smallest absolute Gasteiger partial charge is 0.246 e. The Morgan fingerprint density at radius 1 is 1.54 bits per heavy atom. The molecular weight excluding hydrogens is 170 g/mol. The number of carbonyl (C=O) groups is 1. The lowest BCUT2D eigenvalue weighted by atomic mass is 9.96. The zero-order valence-corrected chi connectivity index (χ0v) is 8.51. The molecule has 1 atom stereocenters. The summed E-state index contributed by atoms with van der Waals surface area (Å²) < 4.78 is 0. The standard InChI is InChI=1S/C8H17N3O2/c1-6(10-13)8(2,11(4)5)7(12)9-3/h10,13H,1H2,2-5H3,(H,9,12)/t8-/m1/s1. The molecule has 0 aliphatic heterocycles. The summed E-state index contributed by atoms with van der Waals surface area (Å²) in [5.41, 5.74) is 1.18. The van der Waals surface area contributed by atoms with Gasteiger partial charge < -0.3 is 5.32 Å². The van der Waals surface area contributed by atoms with Crippen LogP contribution in [0.4, 0.5) is 0 Å². The zero-order valence-electron chi connectivity index (χ0n) is 8.51. The Labute approximate surface area is 78.4 Å². The van der Waals surface area contributed by atoms with Gasteiger partial charge in [0, 0.05) is 7.05 Å². The molecule has 0 saturated carbocycles. The van der Waals surface area contributed by atoms with Crippen LogP contribution in [0.2, 0.25) is 0 Å². The molecule has 0 aromatic carbocycles. The molecule has 76 valence electrons. The van der Waals surface area contributed by atoms with Crippen molar-refractivity contribution in [1.82, 2.24) is 15.7 Å². The molecule has 0 unspecified atom stereocenters. The highest BCUT2D eigenvalue weighted by molar-refractivity contribution is 5.88. The van der Waals surface area contributed by atoms with Gasteiger partial charge in [0.25, 0.3) is 0 Å². The van der Waals surface area contributed by atoms with Crippen LogP contribution in [-0.2, 0) is 4.79 Å². The van der Waals surface area contributed by atoms with Crippen LogP contribution >= 0.6 is 0 Å². The first-order valence-corrected chi connectivity index (χ1v) is 3.90. The van der Waals surface area contributed by atoms with Gasteiger partial charge in [-0.1, -0.05) is 6.58 Å². The average molecular weight is 187 g/mol. The quantitative estimate of drug-likeness (QED) is 0.521. The summed E-state index contributed by atoms with van der Waals surface area (Å²) >= 11 is 0. The van der Waals surface area contributed by atoms with Crippen molar-refractivity contribution < 1.29 is 10.0 Å². The third-order valence-electron chi connectivity index (χ3n) is 2.29. The van der Waals surface area contributed by atoms with Gasteiger partial charge in [-0.25, -0.2) is 0 Å². The molecule has 0 rings (SSSR count). The minimum Gasteiger partial charge on any atom is -0.357 e. The van der Waals surface area contributed by atoms with Crippen LogP contribution in [0.25, 0.3) is 0 Å². The molecule has 0 aromatic heterocycles. The van der Waals surface area contributed by atoms with E-state index in [0.717, 1.165) is 0 Å². The minimum absolute atomic E-state index is 0.232. The van der Waals surface area contributed by atoms with E-state index in [1.807, 2.05) is 5.48 Å². The number of hydroxylamine groups is 1. The molecule has 0 aliphatic carbocycles. The number of carbonyl (C=O) groups excluding carboxylic acids is 1. The molecule has 0 fully saturated rings. The van der Waals surface area contributed by atoms with Crippen LogP contribution in [0.3, 0.4) is 0 Å². The molecule has 3 N–H and O–H groups in total. The van der Waals surface area contributed by atoms with Crippen molar-refractivity contribution in [2.24, 2.45) is 0 Å². The number of amides is 1. The van der Waals surface area contributed by atoms with E-state index in [1.54, 1.807) is 25.9 Å². The highest BCUT2D eigenvalue weighted by Crippen LogP contribution is 2.18. The summed E-state index contributed by atoms with van der Waals surface area (Å²) in [6.45, 7) is 5.24. The summed E-state index contributed by atoms with van der Waals surface area (Å²) in [6.07, 6.45) is 0. The van der Waals surface area contributed by atoms with Crippen molar-refractivity contribution in [2.45, 2.75) is 12.5 Å². The number of hydrogen-bond acceptors (Lipinski definition) is 4. The van der Waals surface area contributed by atoms with Gasteiger partial charge in [0.15, 0.2) is 0 Å². The van der Waals surface area contributed by atoms with E-state index in [9.17, 15) is 4.79 Å². The van der Waals surface area contributed by atoms with E-state index in [2.05, 4.69) is 11.9 Å². The van der Waals surface area contributed by atoms with E-state index in [1.165, 1.54) is 7.05 Å². The molecule has 0 aromatic rings. The van der Waals surface area contributed by atoms with Crippen molar-refractivity contribution >= 4 is 5.91 Å². The van der Waals surface area contributed by atoms with Crippen LogP contribution in [-0.4, -0.2) is 42.7 Å². The third-order valence-corrected chi connectivity index (χ3v) is 2.29. The Kier molecular flexibility index (Phi) is 3.90. The number of nitrogens with zero attached hydrogens (tertiary/aromatic N) is 1. The lowest BCUT2D eigenvalue weighted by Gasteiger charge is -2.35. The maximum atomic E-state index is 11.5. The topological polar surface area (TPSA) is 64.6 Å².